The van der Waals surface area contributed by atoms with Crippen LogP contribution in [-0.4, -0.2) is 17.4 Å². The Morgan fingerprint density at radius 3 is 1.81 bits per heavy atom. The van der Waals surface area contributed by atoms with Gasteiger partial charge in [-0.05, 0) is 12.1 Å². The molecule has 4 heteroatoms. The predicted octanol–water partition coefficient (Wildman–Crippen LogP) is 3.19. The maximum Gasteiger partial charge on any atom is 0.387 e. The van der Waals surface area contributed by atoms with E-state index in [1.54, 1.807) is 12.1 Å². The zero-order chi connectivity index (χ0) is 15.0. The molecule has 0 radical (unpaired) electrons. The number of carboxylic acids is 1. The normalized spacial score (nSPS) is 16.5. The lowest BCUT2D eigenvalue weighted by atomic mass is 9.77. The molecule has 0 aromatic heterocycles. The van der Waals surface area contributed by atoms with Gasteiger partial charge in [0, 0.05) is 16.5 Å². The van der Waals surface area contributed by atoms with Crippen molar-refractivity contribution in [2.75, 3.05) is 0 Å². The highest BCUT2D eigenvalue weighted by Crippen LogP contribution is 2.43. The summed E-state index contributed by atoms with van der Waals surface area (Å²) in [6.45, 7) is 4.14. The molecule has 3 rings (SSSR count). The Kier molecular flexibility index (Phi) is 3.09. The average molecular weight is 284 g/mol. The fourth-order valence-corrected chi connectivity index (χ4v) is 2.67. The maximum atomic E-state index is 11.4. The third-order valence-electron chi connectivity index (χ3n) is 3.79. The zero-order valence-electron chi connectivity index (χ0n) is 11.9. The molecule has 0 saturated carbocycles. The highest BCUT2D eigenvalue weighted by Gasteiger charge is 2.35. The molecule has 0 unspecified atom stereocenters. The molecule has 1 heterocycles. The second kappa shape index (κ2) is 4.81. The molecule has 21 heavy (non-hydrogen) atoms. The van der Waals surface area contributed by atoms with E-state index in [2.05, 4.69) is 13.8 Å². The second-order valence-corrected chi connectivity index (χ2v) is 5.52. The minimum Gasteiger partial charge on any atom is -0.476 e. The molecule has 0 saturated heterocycles. The van der Waals surface area contributed by atoms with E-state index in [1.807, 2.05) is 36.4 Å². The molecule has 2 aromatic carbocycles. The van der Waals surface area contributed by atoms with Gasteiger partial charge in [0.1, 0.15) is 11.5 Å². The second-order valence-electron chi connectivity index (χ2n) is 5.52. The van der Waals surface area contributed by atoms with Crippen molar-refractivity contribution in [1.82, 2.24) is 0 Å². The smallest absolute Gasteiger partial charge is 0.387 e. The number of benzene rings is 2. The Bertz CT molecular complexity index is 639. The Morgan fingerprint density at radius 2 is 1.38 bits per heavy atom. The van der Waals surface area contributed by atoms with Crippen LogP contribution in [0.3, 0.4) is 0 Å². The fourth-order valence-electron chi connectivity index (χ4n) is 2.67. The molecular weight excluding hydrogens is 268 g/mol. The van der Waals surface area contributed by atoms with Crippen LogP contribution in [0.1, 0.15) is 25.0 Å². The summed E-state index contributed by atoms with van der Waals surface area (Å²) < 4.78 is 11.1. The highest BCUT2D eigenvalue weighted by molar-refractivity contribution is 5.72. The monoisotopic (exact) mass is 284 g/mol. The summed E-state index contributed by atoms with van der Waals surface area (Å²) in [4.78, 5) is 11.4. The Balaban J connectivity index is 2.24. The van der Waals surface area contributed by atoms with Gasteiger partial charge in [0.05, 0.1) is 0 Å². The van der Waals surface area contributed by atoms with E-state index in [4.69, 9.17) is 9.47 Å². The van der Waals surface area contributed by atoms with Gasteiger partial charge in [0.15, 0.2) is 0 Å². The average Bonchev–Trinajstić information content (AvgIpc) is 2.46. The van der Waals surface area contributed by atoms with E-state index in [-0.39, 0.29) is 5.41 Å². The van der Waals surface area contributed by atoms with Crippen LogP contribution >= 0.6 is 0 Å². The molecule has 1 N–H and O–H groups in total. The Morgan fingerprint density at radius 1 is 0.952 bits per heavy atom. The summed E-state index contributed by atoms with van der Waals surface area (Å²) in [5, 5.41) is 9.29. The van der Waals surface area contributed by atoms with Gasteiger partial charge in [-0.3, -0.25) is 0 Å². The Labute approximate surface area is 122 Å². The summed E-state index contributed by atoms with van der Waals surface area (Å²) in [6.07, 6.45) is -1.36. The van der Waals surface area contributed by atoms with Crippen LogP contribution in [0.2, 0.25) is 0 Å². The third kappa shape index (κ3) is 2.23. The van der Waals surface area contributed by atoms with Crippen molar-refractivity contribution in [1.29, 1.82) is 0 Å². The van der Waals surface area contributed by atoms with E-state index in [9.17, 15) is 9.90 Å². The predicted molar refractivity (Wildman–Crippen MR) is 77.7 cm³/mol. The molecule has 0 spiro atoms. The molecule has 0 amide bonds. The van der Waals surface area contributed by atoms with Gasteiger partial charge in [-0.2, -0.15) is 0 Å². The zero-order valence-corrected chi connectivity index (χ0v) is 11.9. The standard InChI is InChI=1S/C17H16O4/c1-17(2)11-7-3-5-9-13(11)20-16(15(18)19)21-14-10-6-4-8-12(14)17/h3-10,16H,1-2H3,(H,18,19). The number of ether oxygens (including phenoxy) is 2. The van der Waals surface area contributed by atoms with Gasteiger partial charge in [0.25, 0.3) is 0 Å². The van der Waals surface area contributed by atoms with Gasteiger partial charge in [-0.1, -0.05) is 50.2 Å². The van der Waals surface area contributed by atoms with Crippen molar-refractivity contribution in [3.63, 3.8) is 0 Å². The van der Waals surface area contributed by atoms with Crippen LogP contribution in [0.15, 0.2) is 48.5 Å². The summed E-state index contributed by atoms with van der Waals surface area (Å²) in [6, 6.07) is 14.9. The van der Waals surface area contributed by atoms with Gasteiger partial charge in [-0.25, -0.2) is 4.79 Å². The van der Waals surface area contributed by atoms with Crippen molar-refractivity contribution < 1.29 is 19.4 Å². The number of hydrogen-bond acceptors (Lipinski definition) is 3. The molecule has 4 nitrogen and oxygen atoms in total. The van der Waals surface area contributed by atoms with Crippen molar-refractivity contribution in [2.24, 2.45) is 0 Å². The van der Waals surface area contributed by atoms with Crippen molar-refractivity contribution in [3.8, 4) is 11.5 Å². The third-order valence-corrected chi connectivity index (χ3v) is 3.79. The summed E-state index contributed by atoms with van der Waals surface area (Å²) in [5.41, 5.74) is 1.52. The van der Waals surface area contributed by atoms with E-state index >= 15 is 0 Å². The molecule has 0 fully saturated rings. The van der Waals surface area contributed by atoms with Crippen LogP contribution in [0.4, 0.5) is 0 Å². The van der Waals surface area contributed by atoms with Crippen molar-refractivity contribution >= 4 is 5.97 Å². The molecule has 1 aliphatic rings. The first-order valence-corrected chi connectivity index (χ1v) is 6.75. The quantitative estimate of drug-likeness (QED) is 0.873. The van der Waals surface area contributed by atoms with Gasteiger partial charge >= 0.3 is 12.3 Å². The van der Waals surface area contributed by atoms with Crippen LogP contribution in [-0.2, 0) is 10.2 Å². The number of rotatable bonds is 1. The van der Waals surface area contributed by atoms with Crippen molar-refractivity contribution in [3.05, 3.63) is 59.7 Å². The molecule has 0 bridgehead atoms. The largest absolute Gasteiger partial charge is 0.476 e. The molecule has 0 atom stereocenters. The van der Waals surface area contributed by atoms with Crippen LogP contribution in [0.5, 0.6) is 11.5 Å². The van der Waals surface area contributed by atoms with Crippen LogP contribution < -0.4 is 9.47 Å². The topological polar surface area (TPSA) is 55.8 Å². The highest BCUT2D eigenvalue weighted by atomic mass is 16.7. The summed E-state index contributed by atoms with van der Waals surface area (Å²) in [5.74, 6) is -0.0897. The number of para-hydroxylation sites is 2. The minimum atomic E-state index is -1.36. The van der Waals surface area contributed by atoms with Gasteiger partial charge in [-0.15, -0.1) is 0 Å². The first-order valence-electron chi connectivity index (χ1n) is 6.75. The molecular formula is C17H16O4. The lowest BCUT2D eigenvalue weighted by Gasteiger charge is -2.33. The first-order chi connectivity index (χ1) is 10.00. The van der Waals surface area contributed by atoms with E-state index in [0.717, 1.165) is 11.1 Å². The first kappa shape index (κ1) is 13.5. The van der Waals surface area contributed by atoms with Crippen LogP contribution in [0.25, 0.3) is 0 Å². The number of fused-ring (bicyclic) bond motifs is 2. The summed E-state index contributed by atoms with van der Waals surface area (Å²) >= 11 is 0. The van der Waals surface area contributed by atoms with Crippen molar-refractivity contribution in [2.45, 2.75) is 25.6 Å². The summed E-state index contributed by atoms with van der Waals surface area (Å²) in [7, 11) is 0. The fraction of sp³-hybridized carbons (Fsp3) is 0.235. The molecule has 2 aromatic rings. The lowest BCUT2D eigenvalue weighted by Crippen LogP contribution is -2.37. The molecule has 108 valence electrons. The molecule has 0 aliphatic carbocycles. The van der Waals surface area contributed by atoms with E-state index < -0.39 is 12.3 Å². The van der Waals surface area contributed by atoms with Crippen LogP contribution in [0, 0.1) is 0 Å². The van der Waals surface area contributed by atoms with Gasteiger partial charge < -0.3 is 14.6 Å². The van der Waals surface area contributed by atoms with E-state index in [0.29, 0.717) is 11.5 Å². The maximum absolute atomic E-state index is 11.4. The lowest BCUT2D eigenvalue weighted by molar-refractivity contribution is -0.159. The SMILES string of the molecule is CC1(C)c2ccccc2OC(C(=O)O)Oc2ccccc21. The number of carboxylic acid groups (broad SMARTS) is 1. The molecule has 1 aliphatic heterocycles. The number of hydrogen-bond donors (Lipinski definition) is 1. The van der Waals surface area contributed by atoms with E-state index in [1.165, 1.54) is 0 Å². The number of carbonyl (C=O) groups is 1. The van der Waals surface area contributed by atoms with Gasteiger partial charge in [0.2, 0.25) is 0 Å². The Hall–Kier alpha value is -2.49. The minimum absolute atomic E-state index is 0.351. The number of aliphatic carboxylic acids is 1.